The predicted molar refractivity (Wildman–Crippen MR) is 116 cm³/mol. The van der Waals surface area contributed by atoms with Crippen molar-refractivity contribution in [3.8, 4) is 34.3 Å². The summed E-state index contributed by atoms with van der Waals surface area (Å²) in [7, 11) is 4.69. The third-order valence-corrected chi connectivity index (χ3v) is 4.37. The Morgan fingerprint density at radius 2 is 1.71 bits per heavy atom. The molecule has 9 nitrogen and oxygen atoms in total. The number of methoxy groups -OCH3 is 3. The van der Waals surface area contributed by atoms with Crippen molar-refractivity contribution in [3.05, 3.63) is 53.7 Å². The smallest absolute Gasteiger partial charge is 0.289 e. The first kappa shape index (κ1) is 21.7. The second-order valence-electron chi connectivity index (χ2n) is 6.28. The minimum Gasteiger partial charge on any atom is -0.493 e. The highest BCUT2D eigenvalue weighted by Crippen LogP contribution is 2.31. The molecule has 0 saturated carbocycles. The van der Waals surface area contributed by atoms with Crippen LogP contribution >= 0.6 is 0 Å². The van der Waals surface area contributed by atoms with Crippen LogP contribution in [0.25, 0.3) is 11.3 Å². The van der Waals surface area contributed by atoms with Crippen molar-refractivity contribution in [1.29, 1.82) is 0 Å². The molecule has 3 rings (SSSR count). The van der Waals surface area contributed by atoms with Crippen LogP contribution in [0.3, 0.4) is 0 Å². The summed E-state index contributed by atoms with van der Waals surface area (Å²) >= 11 is 0. The Morgan fingerprint density at radius 3 is 2.42 bits per heavy atom. The molecule has 0 aliphatic rings. The van der Waals surface area contributed by atoms with Gasteiger partial charge in [-0.15, -0.1) is 0 Å². The second-order valence-corrected chi connectivity index (χ2v) is 6.28. The largest absolute Gasteiger partial charge is 0.493 e. The fraction of sp³-hybridized carbons (Fsp3) is 0.227. The van der Waals surface area contributed by atoms with Gasteiger partial charge in [-0.2, -0.15) is 10.2 Å². The highest BCUT2D eigenvalue weighted by atomic mass is 16.5. The number of amides is 1. The zero-order chi connectivity index (χ0) is 22.2. The summed E-state index contributed by atoms with van der Waals surface area (Å²) in [6, 6.07) is 12.4. The van der Waals surface area contributed by atoms with Crippen LogP contribution in [0.15, 0.2) is 47.6 Å². The maximum absolute atomic E-state index is 12.4. The molecule has 9 heteroatoms. The first-order valence-corrected chi connectivity index (χ1v) is 9.51. The van der Waals surface area contributed by atoms with Gasteiger partial charge in [0.2, 0.25) is 0 Å². The van der Waals surface area contributed by atoms with Gasteiger partial charge in [-0.25, -0.2) is 5.43 Å². The number of rotatable bonds is 9. The van der Waals surface area contributed by atoms with Crippen LogP contribution in [-0.4, -0.2) is 50.3 Å². The molecule has 0 bridgehead atoms. The summed E-state index contributed by atoms with van der Waals surface area (Å²) in [6.07, 6.45) is 1.52. The van der Waals surface area contributed by atoms with Crippen LogP contribution < -0.4 is 24.4 Å². The van der Waals surface area contributed by atoms with E-state index in [0.717, 1.165) is 11.1 Å². The molecule has 3 aromatic rings. The lowest BCUT2D eigenvalue weighted by atomic mass is 10.1. The zero-order valence-corrected chi connectivity index (χ0v) is 17.8. The van der Waals surface area contributed by atoms with E-state index in [2.05, 4.69) is 20.7 Å². The van der Waals surface area contributed by atoms with Gasteiger partial charge in [0.25, 0.3) is 5.91 Å². The predicted octanol–water partition coefficient (Wildman–Crippen LogP) is 3.27. The van der Waals surface area contributed by atoms with Crippen molar-refractivity contribution in [1.82, 2.24) is 15.6 Å². The Labute approximate surface area is 180 Å². The van der Waals surface area contributed by atoms with E-state index < -0.39 is 5.91 Å². The first-order chi connectivity index (χ1) is 15.1. The first-order valence-electron chi connectivity index (χ1n) is 9.51. The number of hydrogen-bond donors (Lipinski definition) is 2. The highest BCUT2D eigenvalue weighted by Gasteiger charge is 2.13. The van der Waals surface area contributed by atoms with Crippen molar-refractivity contribution >= 4 is 12.1 Å². The normalized spacial score (nSPS) is 10.7. The van der Waals surface area contributed by atoms with Crippen LogP contribution in [-0.2, 0) is 0 Å². The van der Waals surface area contributed by atoms with Crippen LogP contribution in [0.5, 0.6) is 23.0 Å². The van der Waals surface area contributed by atoms with E-state index in [4.69, 9.17) is 18.9 Å². The lowest BCUT2D eigenvalue weighted by Crippen LogP contribution is -2.18. The zero-order valence-electron chi connectivity index (χ0n) is 17.8. The van der Waals surface area contributed by atoms with Gasteiger partial charge in [-0.3, -0.25) is 9.89 Å². The molecule has 2 aromatic carbocycles. The van der Waals surface area contributed by atoms with E-state index in [1.54, 1.807) is 51.7 Å². The van der Waals surface area contributed by atoms with Gasteiger partial charge >= 0.3 is 0 Å². The standard InChI is InChI=1S/C22H24N4O5/c1-5-31-19-8-6-14(10-20(19)29-3)13-23-26-22(27)17-12-16(24-25-17)15-7-9-18(28-2)21(11-15)30-4/h6-13H,5H2,1-4H3,(H,24,25)(H,26,27). The summed E-state index contributed by atoms with van der Waals surface area (Å²) in [4.78, 5) is 12.4. The van der Waals surface area contributed by atoms with Crippen LogP contribution in [0, 0.1) is 0 Å². The van der Waals surface area contributed by atoms with Gasteiger partial charge in [0.1, 0.15) is 5.69 Å². The fourth-order valence-electron chi connectivity index (χ4n) is 2.85. The molecule has 0 aliphatic carbocycles. The van der Waals surface area contributed by atoms with Crippen molar-refractivity contribution in [2.75, 3.05) is 27.9 Å². The van der Waals surface area contributed by atoms with Gasteiger partial charge in [0.15, 0.2) is 23.0 Å². The van der Waals surface area contributed by atoms with Crippen LogP contribution in [0.1, 0.15) is 23.0 Å². The average Bonchev–Trinajstić information content (AvgIpc) is 3.30. The minimum atomic E-state index is -0.423. The third-order valence-electron chi connectivity index (χ3n) is 4.37. The summed E-state index contributed by atoms with van der Waals surface area (Å²) in [6.45, 7) is 2.44. The number of carbonyl (C=O) groups excluding carboxylic acids is 1. The Balaban J connectivity index is 1.68. The number of hydrazone groups is 1. The van der Waals surface area contributed by atoms with Gasteiger partial charge in [-0.1, -0.05) is 0 Å². The number of aromatic amines is 1. The summed E-state index contributed by atoms with van der Waals surface area (Å²) in [5, 5.41) is 10.9. The van der Waals surface area contributed by atoms with E-state index >= 15 is 0 Å². The van der Waals surface area contributed by atoms with Gasteiger partial charge in [0.05, 0.1) is 39.8 Å². The number of nitrogens with one attached hydrogen (secondary N) is 2. The van der Waals surface area contributed by atoms with E-state index in [0.29, 0.717) is 35.3 Å². The molecule has 31 heavy (non-hydrogen) atoms. The van der Waals surface area contributed by atoms with E-state index in [1.807, 2.05) is 19.1 Å². The number of benzene rings is 2. The number of aromatic nitrogens is 2. The monoisotopic (exact) mass is 424 g/mol. The molecule has 0 spiro atoms. The molecule has 0 unspecified atom stereocenters. The molecule has 162 valence electrons. The SMILES string of the molecule is CCOc1ccc(C=NNC(=O)c2cc(-c3ccc(OC)c(OC)c3)n[nH]2)cc1OC. The van der Waals surface area contributed by atoms with E-state index in [1.165, 1.54) is 6.21 Å². The Kier molecular flexibility index (Phi) is 7.10. The van der Waals surface area contributed by atoms with Gasteiger partial charge in [-0.05, 0) is 55.0 Å². The number of ether oxygens (including phenoxy) is 4. The maximum atomic E-state index is 12.4. The molecule has 0 fully saturated rings. The fourth-order valence-corrected chi connectivity index (χ4v) is 2.85. The van der Waals surface area contributed by atoms with Crippen molar-refractivity contribution < 1.29 is 23.7 Å². The van der Waals surface area contributed by atoms with Crippen molar-refractivity contribution in [2.24, 2.45) is 5.10 Å². The molecule has 2 N–H and O–H groups in total. The Bertz CT molecular complexity index is 1080. The second kappa shape index (κ2) is 10.1. The number of nitrogens with zero attached hydrogens (tertiary/aromatic N) is 2. The molecular formula is C22H24N4O5. The minimum absolute atomic E-state index is 0.270. The number of H-pyrrole nitrogens is 1. The quantitative estimate of drug-likeness (QED) is 0.403. The molecule has 0 radical (unpaired) electrons. The Hall–Kier alpha value is -4.01. The van der Waals surface area contributed by atoms with Crippen molar-refractivity contribution in [2.45, 2.75) is 6.92 Å². The maximum Gasteiger partial charge on any atom is 0.289 e. The summed E-state index contributed by atoms with van der Waals surface area (Å²) in [5.41, 5.74) is 4.85. The van der Waals surface area contributed by atoms with Crippen LogP contribution in [0.4, 0.5) is 0 Å². The molecule has 1 amide bonds. The van der Waals surface area contributed by atoms with Gasteiger partial charge in [0, 0.05) is 5.56 Å². The molecule has 1 aromatic heterocycles. The topological polar surface area (TPSA) is 107 Å². The summed E-state index contributed by atoms with van der Waals surface area (Å²) in [5.74, 6) is 1.99. The molecule has 1 heterocycles. The highest BCUT2D eigenvalue weighted by molar-refractivity contribution is 5.94. The van der Waals surface area contributed by atoms with Gasteiger partial charge < -0.3 is 18.9 Å². The lowest BCUT2D eigenvalue weighted by Gasteiger charge is -2.09. The number of carbonyl (C=O) groups is 1. The molecule has 0 aliphatic heterocycles. The molecular weight excluding hydrogens is 400 g/mol. The average molecular weight is 424 g/mol. The molecule has 0 saturated heterocycles. The van der Waals surface area contributed by atoms with E-state index in [-0.39, 0.29) is 5.69 Å². The lowest BCUT2D eigenvalue weighted by molar-refractivity contribution is 0.0950. The summed E-state index contributed by atoms with van der Waals surface area (Å²) < 4.78 is 21.3. The van der Waals surface area contributed by atoms with E-state index in [9.17, 15) is 4.79 Å². The number of hydrogen-bond acceptors (Lipinski definition) is 7. The third kappa shape index (κ3) is 5.13. The van der Waals surface area contributed by atoms with Crippen molar-refractivity contribution in [3.63, 3.8) is 0 Å². The molecule has 0 atom stereocenters. The Morgan fingerprint density at radius 1 is 1.00 bits per heavy atom. The van der Waals surface area contributed by atoms with Crippen LogP contribution in [0.2, 0.25) is 0 Å².